The molecule has 0 radical (unpaired) electrons. The van der Waals surface area contributed by atoms with Gasteiger partial charge in [-0.1, -0.05) is 27.7 Å². The van der Waals surface area contributed by atoms with Crippen LogP contribution in [0.2, 0.25) is 0 Å². The molecule has 1 fully saturated rings. The summed E-state index contributed by atoms with van der Waals surface area (Å²) in [5, 5.41) is 0. The van der Waals surface area contributed by atoms with E-state index in [4.69, 9.17) is 0 Å². The van der Waals surface area contributed by atoms with E-state index in [-0.39, 0.29) is 0 Å². The van der Waals surface area contributed by atoms with E-state index >= 15 is 0 Å². The Balaban J connectivity index is 0. The largest absolute Gasteiger partial charge is 0.306 e. The zero-order valence-corrected chi connectivity index (χ0v) is 10.5. The van der Waals surface area contributed by atoms with Gasteiger partial charge in [0, 0.05) is 13.0 Å². The Hall–Kier alpha value is -0.370. The van der Waals surface area contributed by atoms with Crippen LogP contribution < -0.4 is 0 Å². The number of unbranched alkanes of at least 4 members (excludes halogenated alkanes) is 1. The average molecular weight is 201 g/mol. The first kappa shape index (κ1) is 16.1. The van der Waals surface area contributed by atoms with Crippen LogP contribution in [0.5, 0.6) is 0 Å². The fourth-order valence-corrected chi connectivity index (χ4v) is 1.27. The summed E-state index contributed by atoms with van der Waals surface area (Å²) < 4.78 is 0. The molecule has 1 atom stereocenters. The molecule has 0 saturated carbocycles. The lowest BCUT2D eigenvalue weighted by atomic mass is 10.2. The van der Waals surface area contributed by atoms with E-state index in [1.54, 1.807) is 0 Å². The molecule has 0 aliphatic carbocycles. The van der Waals surface area contributed by atoms with Crippen LogP contribution in [0.25, 0.3) is 0 Å². The predicted octanol–water partition coefficient (Wildman–Crippen LogP) is 2.97. The number of hydrogen-bond acceptors (Lipinski definition) is 2. The van der Waals surface area contributed by atoms with E-state index in [0.717, 1.165) is 18.6 Å². The van der Waals surface area contributed by atoms with Gasteiger partial charge in [-0.25, -0.2) is 0 Å². The highest BCUT2D eigenvalue weighted by atomic mass is 16.1. The van der Waals surface area contributed by atoms with Crippen molar-refractivity contribution in [2.75, 3.05) is 20.1 Å². The third-order valence-corrected chi connectivity index (χ3v) is 2.03. The molecule has 1 heterocycles. The summed E-state index contributed by atoms with van der Waals surface area (Å²) in [6.45, 7) is 10.9. The first-order valence-corrected chi connectivity index (χ1v) is 5.82. The summed E-state index contributed by atoms with van der Waals surface area (Å²) in [5.74, 6) is 0.949. The molecule has 1 rings (SSSR count). The summed E-state index contributed by atoms with van der Waals surface area (Å²) in [4.78, 5) is 11.8. The van der Waals surface area contributed by atoms with Crippen molar-refractivity contribution in [3.05, 3.63) is 0 Å². The van der Waals surface area contributed by atoms with E-state index in [0.29, 0.717) is 6.42 Å². The number of carbonyl (C=O) groups is 1. The number of likely N-dealkylation sites (tertiary alicyclic amines) is 1. The third-order valence-electron chi connectivity index (χ3n) is 2.03. The van der Waals surface area contributed by atoms with Gasteiger partial charge in [0.25, 0.3) is 0 Å². The number of carbonyl (C=O) groups excluding carboxylic acids is 1. The molecule has 0 N–H and O–H groups in total. The van der Waals surface area contributed by atoms with Crippen LogP contribution in [0.1, 0.15) is 47.0 Å². The molecule has 0 spiro atoms. The maximum atomic E-state index is 9.40. The fourth-order valence-electron chi connectivity index (χ4n) is 1.27. The summed E-state index contributed by atoms with van der Waals surface area (Å²) in [6.07, 6.45) is 4.01. The average Bonchev–Trinajstić information content (AvgIpc) is 2.56. The van der Waals surface area contributed by atoms with Crippen LogP contribution in [-0.4, -0.2) is 31.3 Å². The van der Waals surface area contributed by atoms with Crippen molar-refractivity contribution in [3.8, 4) is 0 Å². The van der Waals surface area contributed by atoms with E-state index in [1.807, 2.05) is 20.8 Å². The molecule has 14 heavy (non-hydrogen) atoms. The van der Waals surface area contributed by atoms with Crippen LogP contribution in [0.3, 0.4) is 0 Å². The molecule has 0 aromatic heterocycles. The van der Waals surface area contributed by atoms with Crippen LogP contribution in [0.15, 0.2) is 0 Å². The van der Waals surface area contributed by atoms with Crippen molar-refractivity contribution < 1.29 is 4.79 Å². The lowest BCUT2D eigenvalue weighted by Gasteiger charge is -2.03. The van der Waals surface area contributed by atoms with Gasteiger partial charge in [0.15, 0.2) is 0 Å². The van der Waals surface area contributed by atoms with Gasteiger partial charge in [-0.05, 0) is 32.4 Å². The second-order valence-corrected chi connectivity index (χ2v) is 3.61. The molecule has 1 saturated heterocycles. The molecule has 2 heteroatoms. The number of rotatable bonds is 2. The zero-order chi connectivity index (χ0) is 11.4. The molecule has 0 aromatic rings. The standard InChI is InChI=1S/C6H13N.C4H8O.C2H6/c1-6-3-4-7(2)5-6;1-2-3-4-5;1-2/h6H,3-5H2,1-2H3;4H,2-3H2,1H3;1-2H3. The van der Waals surface area contributed by atoms with Gasteiger partial charge in [-0.2, -0.15) is 0 Å². The number of aldehydes is 1. The first-order valence-electron chi connectivity index (χ1n) is 5.82. The SMILES string of the molecule is CC.CC1CCN(C)C1.CCCC=O. The maximum absolute atomic E-state index is 9.40. The van der Waals surface area contributed by atoms with Gasteiger partial charge >= 0.3 is 0 Å². The highest BCUT2D eigenvalue weighted by Gasteiger charge is 2.13. The summed E-state index contributed by atoms with van der Waals surface area (Å²) in [5.41, 5.74) is 0. The van der Waals surface area contributed by atoms with Crippen molar-refractivity contribution in [1.82, 2.24) is 4.90 Å². The lowest BCUT2D eigenvalue weighted by Crippen LogP contribution is -2.12. The molecule has 2 nitrogen and oxygen atoms in total. The molecule has 0 aromatic carbocycles. The van der Waals surface area contributed by atoms with Crippen molar-refractivity contribution in [2.45, 2.75) is 47.0 Å². The highest BCUT2D eigenvalue weighted by Crippen LogP contribution is 2.11. The second kappa shape index (κ2) is 12.6. The van der Waals surface area contributed by atoms with Crippen molar-refractivity contribution in [2.24, 2.45) is 5.92 Å². The first-order chi connectivity index (χ1) is 6.70. The Bertz CT molecular complexity index is 107. The zero-order valence-electron chi connectivity index (χ0n) is 10.5. The topological polar surface area (TPSA) is 20.3 Å². The Morgan fingerprint density at radius 3 is 2.07 bits per heavy atom. The van der Waals surface area contributed by atoms with Crippen LogP contribution in [0.4, 0.5) is 0 Å². The Morgan fingerprint density at radius 2 is 2.00 bits per heavy atom. The predicted molar refractivity (Wildman–Crippen MR) is 63.6 cm³/mol. The van der Waals surface area contributed by atoms with E-state index in [1.165, 1.54) is 19.5 Å². The van der Waals surface area contributed by atoms with Gasteiger partial charge in [-0.15, -0.1) is 0 Å². The van der Waals surface area contributed by atoms with E-state index in [2.05, 4.69) is 18.9 Å². The van der Waals surface area contributed by atoms with Gasteiger partial charge in [-0.3, -0.25) is 0 Å². The smallest absolute Gasteiger partial charge is 0.119 e. The normalized spacial score (nSPS) is 20.2. The quantitative estimate of drug-likeness (QED) is 0.640. The molecule has 86 valence electrons. The third kappa shape index (κ3) is 11.6. The molecular weight excluding hydrogens is 174 g/mol. The summed E-state index contributed by atoms with van der Waals surface area (Å²) in [7, 11) is 2.18. The molecule has 1 aliphatic heterocycles. The Labute approximate surface area is 89.7 Å². The Kier molecular flexibility index (Phi) is 14.5. The monoisotopic (exact) mass is 201 g/mol. The van der Waals surface area contributed by atoms with E-state index in [9.17, 15) is 4.79 Å². The minimum Gasteiger partial charge on any atom is -0.306 e. The molecule has 1 unspecified atom stereocenters. The van der Waals surface area contributed by atoms with Gasteiger partial charge in [0.2, 0.25) is 0 Å². The summed E-state index contributed by atoms with van der Waals surface area (Å²) >= 11 is 0. The minimum absolute atomic E-state index is 0.708. The molecule has 0 amide bonds. The summed E-state index contributed by atoms with van der Waals surface area (Å²) in [6, 6.07) is 0. The van der Waals surface area contributed by atoms with Crippen molar-refractivity contribution >= 4 is 6.29 Å². The van der Waals surface area contributed by atoms with Crippen LogP contribution in [0, 0.1) is 5.92 Å². The van der Waals surface area contributed by atoms with Gasteiger partial charge in [0.1, 0.15) is 6.29 Å². The lowest BCUT2D eigenvalue weighted by molar-refractivity contribution is -0.107. The van der Waals surface area contributed by atoms with Gasteiger partial charge < -0.3 is 9.69 Å². The maximum Gasteiger partial charge on any atom is 0.119 e. The highest BCUT2D eigenvalue weighted by molar-refractivity contribution is 5.48. The minimum atomic E-state index is 0.708. The molecule has 0 bridgehead atoms. The fraction of sp³-hybridized carbons (Fsp3) is 0.917. The van der Waals surface area contributed by atoms with E-state index < -0.39 is 0 Å². The van der Waals surface area contributed by atoms with Crippen molar-refractivity contribution in [3.63, 3.8) is 0 Å². The van der Waals surface area contributed by atoms with Gasteiger partial charge in [0.05, 0.1) is 0 Å². The van der Waals surface area contributed by atoms with Crippen molar-refractivity contribution in [1.29, 1.82) is 0 Å². The molecule has 1 aliphatic rings. The second-order valence-electron chi connectivity index (χ2n) is 3.61. The molecular formula is C12H27NO. The number of nitrogens with zero attached hydrogens (tertiary/aromatic N) is 1. The number of hydrogen-bond donors (Lipinski definition) is 0. The Morgan fingerprint density at radius 1 is 1.43 bits per heavy atom. The van der Waals surface area contributed by atoms with Crippen LogP contribution in [-0.2, 0) is 4.79 Å². The van der Waals surface area contributed by atoms with Crippen LogP contribution >= 0.6 is 0 Å².